The van der Waals surface area contributed by atoms with E-state index in [2.05, 4.69) is 26.2 Å². The number of hydrogen-bond donors (Lipinski definition) is 1. The van der Waals surface area contributed by atoms with Gasteiger partial charge in [-0.3, -0.25) is 0 Å². The molecule has 0 atom stereocenters. The summed E-state index contributed by atoms with van der Waals surface area (Å²) >= 11 is 4.97. The Kier molecular flexibility index (Phi) is 2.83. The van der Waals surface area contributed by atoms with Crippen LogP contribution in [0.25, 0.3) is 11.5 Å². The molecule has 1 saturated carbocycles. The predicted molar refractivity (Wildman–Crippen MR) is 67.4 cm³/mol. The number of thiazole rings is 1. The quantitative estimate of drug-likeness (QED) is 0.940. The average Bonchev–Trinajstić information content (AvgIpc) is 2.81. The number of hydrogen-bond acceptors (Lipinski definition) is 4. The molecule has 0 aromatic carbocycles. The standard InChI is InChI=1S/C11H11BrN2OS/c12-10-4-3-9(15-10)8-6-16-11(14-8)5-13-7-1-2-7/h3-4,6-7,13H,1-2,5H2. The maximum Gasteiger partial charge on any atom is 0.169 e. The Morgan fingerprint density at radius 2 is 2.38 bits per heavy atom. The summed E-state index contributed by atoms with van der Waals surface area (Å²) in [5.74, 6) is 0.820. The fraction of sp³-hybridized carbons (Fsp3) is 0.364. The van der Waals surface area contributed by atoms with Crippen LogP contribution in [0, 0.1) is 0 Å². The molecule has 0 saturated heterocycles. The second-order valence-electron chi connectivity index (χ2n) is 3.89. The predicted octanol–water partition coefficient (Wildman–Crippen LogP) is 3.42. The van der Waals surface area contributed by atoms with E-state index in [0.29, 0.717) is 0 Å². The largest absolute Gasteiger partial charge is 0.448 e. The van der Waals surface area contributed by atoms with Gasteiger partial charge >= 0.3 is 0 Å². The lowest BCUT2D eigenvalue weighted by Crippen LogP contribution is -2.14. The van der Waals surface area contributed by atoms with Crippen molar-refractivity contribution in [2.24, 2.45) is 0 Å². The van der Waals surface area contributed by atoms with E-state index in [0.717, 1.165) is 33.7 Å². The van der Waals surface area contributed by atoms with Crippen molar-refractivity contribution in [1.82, 2.24) is 10.3 Å². The number of halogens is 1. The molecule has 0 bridgehead atoms. The fourth-order valence-electron chi connectivity index (χ4n) is 1.48. The molecule has 1 N–H and O–H groups in total. The third kappa shape index (κ3) is 2.36. The minimum absolute atomic E-state index is 0.727. The molecule has 3 nitrogen and oxygen atoms in total. The van der Waals surface area contributed by atoms with E-state index < -0.39 is 0 Å². The van der Waals surface area contributed by atoms with Gasteiger partial charge in [-0.2, -0.15) is 0 Å². The van der Waals surface area contributed by atoms with Crippen LogP contribution in [-0.4, -0.2) is 11.0 Å². The van der Waals surface area contributed by atoms with Crippen LogP contribution in [0.2, 0.25) is 0 Å². The zero-order chi connectivity index (χ0) is 11.0. The van der Waals surface area contributed by atoms with Gasteiger partial charge in [0.05, 0.1) is 0 Å². The molecule has 3 rings (SSSR count). The van der Waals surface area contributed by atoms with Gasteiger partial charge in [0, 0.05) is 18.0 Å². The number of nitrogens with zero attached hydrogens (tertiary/aromatic N) is 1. The van der Waals surface area contributed by atoms with E-state index >= 15 is 0 Å². The van der Waals surface area contributed by atoms with E-state index in [1.165, 1.54) is 12.8 Å². The SMILES string of the molecule is Brc1ccc(-c2csc(CNC3CC3)n2)o1. The first-order valence-corrected chi connectivity index (χ1v) is 6.92. The van der Waals surface area contributed by atoms with Crippen molar-refractivity contribution < 1.29 is 4.42 Å². The smallest absolute Gasteiger partial charge is 0.169 e. The van der Waals surface area contributed by atoms with Crippen LogP contribution in [0.3, 0.4) is 0 Å². The molecule has 1 aliphatic carbocycles. The molecule has 0 aliphatic heterocycles. The van der Waals surface area contributed by atoms with Gasteiger partial charge in [-0.25, -0.2) is 4.98 Å². The van der Waals surface area contributed by atoms with Gasteiger partial charge in [0.15, 0.2) is 10.4 Å². The Labute approximate surface area is 106 Å². The molecular formula is C11H11BrN2OS. The molecule has 0 amide bonds. The van der Waals surface area contributed by atoms with Gasteiger partial charge in [-0.05, 0) is 40.9 Å². The van der Waals surface area contributed by atoms with Crippen LogP contribution in [0.5, 0.6) is 0 Å². The van der Waals surface area contributed by atoms with Crippen LogP contribution < -0.4 is 5.32 Å². The van der Waals surface area contributed by atoms with Gasteiger partial charge < -0.3 is 9.73 Å². The van der Waals surface area contributed by atoms with Crippen molar-refractivity contribution in [3.05, 3.63) is 27.2 Å². The minimum atomic E-state index is 0.727. The van der Waals surface area contributed by atoms with Crippen molar-refractivity contribution in [2.75, 3.05) is 0 Å². The van der Waals surface area contributed by atoms with Crippen molar-refractivity contribution in [1.29, 1.82) is 0 Å². The number of nitrogens with one attached hydrogen (secondary N) is 1. The van der Waals surface area contributed by atoms with Crippen molar-refractivity contribution in [2.45, 2.75) is 25.4 Å². The highest BCUT2D eigenvalue weighted by Gasteiger charge is 2.20. The number of aromatic nitrogens is 1. The van der Waals surface area contributed by atoms with Crippen molar-refractivity contribution in [3.63, 3.8) is 0 Å². The summed E-state index contributed by atoms with van der Waals surface area (Å²) in [6.45, 7) is 0.872. The van der Waals surface area contributed by atoms with E-state index in [1.807, 2.05) is 17.5 Å². The summed E-state index contributed by atoms with van der Waals surface area (Å²) in [5.41, 5.74) is 0.920. The Balaban J connectivity index is 1.71. The van der Waals surface area contributed by atoms with Crippen molar-refractivity contribution >= 4 is 27.3 Å². The third-order valence-electron chi connectivity index (χ3n) is 2.50. The molecule has 2 heterocycles. The van der Waals surface area contributed by atoms with Crippen LogP contribution in [0.15, 0.2) is 26.6 Å². The highest BCUT2D eigenvalue weighted by Crippen LogP contribution is 2.26. The molecule has 1 aliphatic rings. The second-order valence-corrected chi connectivity index (χ2v) is 5.61. The molecule has 0 radical (unpaired) electrons. The maximum atomic E-state index is 5.46. The summed E-state index contributed by atoms with van der Waals surface area (Å²) < 4.78 is 6.20. The molecular weight excluding hydrogens is 288 g/mol. The normalized spacial score (nSPS) is 15.6. The molecule has 84 valence electrons. The molecule has 0 unspecified atom stereocenters. The van der Waals surface area contributed by atoms with Crippen molar-refractivity contribution in [3.8, 4) is 11.5 Å². The summed E-state index contributed by atoms with van der Waals surface area (Å²) in [4.78, 5) is 4.54. The lowest BCUT2D eigenvalue weighted by atomic mass is 10.4. The lowest BCUT2D eigenvalue weighted by Gasteiger charge is -1.96. The molecule has 1 fully saturated rings. The Morgan fingerprint density at radius 3 is 3.06 bits per heavy atom. The first kappa shape index (κ1) is 10.5. The molecule has 2 aromatic rings. The van der Waals surface area contributed by atoms with Gasteiger partial charge in [0.1, 0.15) is 10.7 Å². The summed E-state index contributed by atoms with van der Waals surface area (Å²) in [6.07, 6.45) is 2.62. The number of furan rings is 1. The Hall–Kier alpha value is -0.650. The number of rotatable bonds is 4. The molecule has 0 spiro atoms. The zero-order valence-corrected chi connectivity index (χ0v) is 11.0. The third-order valence-corrected chi connectivity index (χ3v) is 3.77. The van der Waals surface area contributed by atoms with Gasteiger partial charge in [-0.15, -0.1) is 11.3 Å². The van der Waals surface area contributed by atoms with E-state index in [1.54, 1.807) is 11.3 Å². The Bertz CT molecular complexity index is 490. The first-order chi connectivity index (χ1) is 7.81. The molecule has 2 aromatic heterocycles. The lowest BCUT2D eigenvalue weighted by molar-refractivity contribution is 0.553. The second kappa shape index (κ2) is 4.31. The molecule has 5 heteroatoms. The summed E-state index contributed by atoms with van der Waals surface area (Å²) in [5, 5.41) is 6.61. The maximum absolute atomic E-state index is 5.46. The Morgan fingerprint density at radius 1 is 1.50 bits per heavy atom. The zero-order valence-electron chi connectivity index (χ0n) is 8.57. The van der Waals surface area contributed by atoms with E-state index in [9.17, 15) is 0 Å². The summed E-state index contributed by atoms with van der Waals surface area (Å²) in [7, 11) is 0. The van der Waals surface area contributed by atoms with Gasteiger partial charge in [-0.1, -0.05) is 0 Å². The highest BCUT2D eigenvalue weighted by atomic mass is 79.9. The van der Waals surface area contributed by atoms with Crippen LogP contribution >= 0.6 is 27.3 Å². The van der Waals surface area contributed by atoms with Gasteiger partial charge in [0.2, 0.25) is 0 Å². The summed E-state index contributed by atoms with van der Waals surface area (Å²) in [6, 6.07) is 4.54. The molecule has 16 heavy (non-hydrogen) atoms. The average molecular weight is 299 g/mol. The van der Waals surface area contributed by atoms with Crippen LogP contribution in [0.1, 0.15) is 17.8 Å². The van der Waals surface area contributed by atoms with Crippen LogP contribution in [-0.2, 0) is 6.54 Å². The van der Waals surface area contributed by atoms with Crippen LogP contribution in [0.4, 0.5) is 0 Å². The van der Waals surface area contributed by atoms with E-state index in [-0.39, 0.29) is 0 Å². The first-order valence-electron chi connectivity index (χ1n) is 5.25. The minimum Gasteiger partial charge on any atom is -0.448 e. The van der Waals surface area contributed by atoms with E-state index in [4.69, 9.17) is 4.42 Å². The monoisotopic (exact) mass is 298 g/mol. The highest BCUT2D eigenvalue weighted by molar-refractivity contribution is 9.10. The van der Waals surface area contributed by atoms with Gasteiger partial charge in [0.25, 0.3) is 0 Å². The topological polar surface area (TPSA) is 38.1 Å². The fourth-order valence-corrected chi connectivity index (χ4v) is 2.52.